The van der Waals surface area contributed by atoms with E-state index in [1.807, 2.05) is 6.07 Å². The highest BCUT2D eigenvalue weighted by molar-refractivity contribution is 7.13. The van der Waals surface area contributed by atoms with Crippen LogP contribution in [0.15, 0.2) is 36.4 Å². The van der Waals surface area contributed by atoms with Crippen LogP contribution in [-0.2, 0) is 20.8 Å². The molecule has 168 valence electrons. The number of rotatable bonds is 11. The highest BCUT2D eigenvalue weighted by atomic mass is 32.1. The number of carbonyl (C=O) groups excluding carboxylic acids is 2. The molecule has 1 unspecified atom stereocenters. The number of nitrogens with zero attached hydrogens (tertiary/aromatic N) is 1. The maximum atomic E-state index is 14.4. The minimum absolute atomic E-state index is 0.223. The second-order valence-corrected chi connectivity index (χ2v) is 8.60. The van der Waals surface area contributed by atoms with Gasteiger partial charge in [-0.1, -0.05) is 38.3 Å². The molecule has 0 spiro atoms. The number of cyclic esters (lactones) is 1. The molecule has 3 rings (SSSR count). The maximum Gasteiger partial charge on any atom is 0.414 e. The molecule has 1 aromatic heterocycles. The third-order valence-corrected chi connectivity index (χ3v) is 6.20. The Labute approximate surface area is 185 Å². The molecule has 2 aromatic rings. The first-order valence-electron chi connectivity index (χ1n) is 10.5. The Bertz CT molecular complexity index is 869. The predicted octanol–water partition coefficient (Wildman–Crippen LogP) is 5.67. The highest BCUT2D eigenvalue weighted by Crippen LogP contribution is 2.29. The molecule has 2 atom stereocenters. The number of anilines is 1. The molecule has 31 heavy (non-hydrogen) atoms. The molecule has 0 bridgehead atoms. The second kappa shape index (κ2) is 11.2. The molecule has 2 heterocycles. The molecule has 0 N–H and O–H groups in total. The number of amides is 1. The third-order valence-electron chi connectivity index (χ3n) is 5.16. The molecule has 1 aliphatic rings. The van der Waals surface area contributed by atoms with Gasteiger partial charge in [0.25, 0.3) is 0 Å². The van der Waals surface area contributed by atoms with Crippen molar-refractivity contribution in [1.29, 1.82) is 0 Å². The summed E-state index contributed by atoms with van der Waals surface area (Å²) >= 11 is 1.31. The van der Waals surface area contributed by atoms with Crippen molar-refractivity contribution in [2.45, 2.75) is 51.4 Å². The van der Waals surface area contributed by atoms with E-state index in [0.717, 1.165) is 24.1 Å². The zero-order valence-electron chi connectivity index (χ0n) is 17.8. The Kier molecular flexibility index (Phi) is 8.43. The number of methoxy groups -OCH3 is 1. The van der Waals surface area contributed by atoms with Crippen LogP contribution in [0.5, 0.6) is 0 Å². The van der Waals surface area contributed by atoms with Gasteiger partial charge in [-0.05, 0) is 36.2 Å². The van der Waals surface area contributed by atoms with Gasteiger partial charge in [-0.15, -0.1) is 11.3 Å². The minimum Gasteiger partial charge on any atom is -0.465 e. The summed E-state index contributed by atoms with van der Waals surface area (Å²) in [6.45, 7) is 2.92. The summed E-state index contributed by atoms with van der Waals surface area (Å²) in [6, 6.07) is 10.2. The summed E-state index contributed by atoms with van der Waals surface area (Å²) in [5.41, 5.74) is 1.28. The minimum atomic E-state index is -0.995. The van der Waals surface area contributed by atoms with Crippen LogP contribution in [0.25, 0.3) is 0 Å². The average molecular weight is 450 g/mol. The number of hydrogen-bond acceptors (Lipinski definition) is 6. The fraction of sp³-hybridized carbons (Fsp3) is 0.478. The lowest BCUT2D eigenvalue weighted by Gasteiger charge is -2.22. The lowest BCUT2D eigenvalue weighted by molar-refractivity contribution is 0.0606. The van der Waals surface area contributed by atoms with E-state index >= 15 is 0 Å². The number of hydrogen-bond donors (Lipinski definition) is 0. The second-order valence-electron chi connectivity index (χ2n) is 7.43. The molecular weight excluding hydrogens is 421 g/mol. The maximum absolute atomic E-state index is 14.4. The Balaban J connectivity index is 1.55. The summed E-state index contributed by atoms with van der Waals surface area (Å²) in [7, 11) is 1.34. The quantitative estimate of drug-likeness (QED) is 0.327. The largest absolute Gasteiger partial charge is 0.465 e. The van der Waals surface area contributed by atoms with Gasteiger partial charge in [-0.2, -0.15) is 0 Å². The highest BCUT2D eigenvalue weighted by Gasteiger charge is 2.34. The number of benzene rings is 1. The van der Waals surface area contributed by atoms with Gasteiger partial charge in [0.2, 0.25) is 0 Å². The van der Waals surface area contributed by atoms with Gasteiger partial charge in [0, 0.05) is 10.6 Å². The van der Waals surface area contributed by atoms with Crippen LogP contribution in [-0.4, -0.2) is 38.4 Å². The van der Waals surface area contributed by atoms with E-state index in [0.29, 0.717) is 29.2 Å². The number of halogens is 1. The summed E-state index contributed by atoms with van der Waals surface area (Å²) in [4.78, 5) is 26.7. The third kappa shape index (κ3) is 6.04. The molecule has 0 saturated carbocycles. The van der Waals surface area contributed by atoms with Crippen molar-refractivity contribution in [3.05, 3.63) is 51.7 Å². The molecule has 1 fully saturated rings. The van der Waals surface area contributed by atoms with Gasteiger partial charge in [-0.3, -0.25) is 4.90 Å². The van der Waals surface area contributed by atoms with Crippen molar-refractivity contribution in [2.24, 2.45) is 0 Å². The SMILES string of the molecule is CCCCC[C@H](F)c1ccc(N2C(=O)OCC2COCc2ccc(C(=O)OC)s2)cc1. The zero-order valence-corrected chi connectivity index (χ0v) is 18.7. The number of ether oxygens (including phenoxy) is 3. The molecule has 1 saturated heterocycles. The van der Waals surface area contributed by atoms with Crippen molar-refractivity contribution in [3.63, 3.8) is 0 Å². The summed E-state index contributed by atoms with van der Waals surface area (Å²) in [5.74, 6) is -0.374. The first-order chi connectivity index (χ1) is 15.0. The summed E-state index contributed by atoms with van der Waals surface area (Å²) in [5, 5.41) is 0. The molecular formula is C23H28FNO5S. The molecule has 1 aromatic carbocycles. The first-order valence-corrected chi connectivity index (χ1v) is 11.3. The van der Waals surface area contributed by atoms with Crippen LogP contribution >= 0.6 is 11.3 Å². The van der Waals surface area contributed by atoms with Crippen molar-refractivity contribution >= 4 is 29.1 Å². The Morgan fingerprint density at radius 3 is 2.74 bits per heavy atom. The van der Waals surface area contributed by atoms with Crippen molar-refractivity contribution in [2.75, 3.05) is 25.2 Å². The normalized spacial score (nSPS) is 16.9. The van der Waals surface area contributed by atoms with E-state index < -0.39 is 12.3 Å². The van der Waals surface area contributed by atoms with Crippen LogP contribution in [0.3, 0.4) is 0 Å². The van der Waals surface area contributed by atoms with Gasteiger partial charge in [0.05, 0.1) is 26.4 Å². The molecule has 6 nitrogen and oxygen atoms in total. The Morgan fingerprint density at radius 1 is 1.26 bits per heavy atom. The molecule has 1 amide bonds. The fourth-order valence-electron chi connectivity index (χ4n) is 3.44. The van der Waals surface area contributed by atoms with Crippen molar-refractivity contribution < 1.29 is 28.2 Å². The van der Waals surface area contributed by atoms with Crippen LogP contribution < -0.4 is 4.90 Å². The number of carbonyl (C=O) groups is 2. The fourth-order valence-corrected chi connectivity index (χ4v) is 4.31. The summed E-state index contributed by atoms with van der Waals surface area (Å²) in [6.07, 6.45) is 2.02. The van der Waals surface area contributed by atoms with E-state index in [-0.39, 0.29) is 25.2 Å². The average Bonchev–Trinajstić information content (AvgIpc) is 3.40. The topological polar surface area (TPSA) is 65.1 Å². The Hall–Kier alpha value is -2.45. The Morgan fingerprint density at radius 2 is 2.03 bits per heavy atom. The van der Waals surface area contributed by atoms with E-state index in [2.05, 4.69) is 6.92 Å². The number of unbranched alkanes of at least 4 members (excludes halogenated alkanes) is 2. The van der Waals surface area contributed by atoms with Gasteiger partial charge < -0.3 is 14.2 Å². The number of thiophene rings is 1. The van der Waals surface area contributed by atoms with Crippen LogP contribution in [0, 0.1) is 0 Å². The first kappa shape index (κ1) is 23.2. The zero-order chi connectivity index (χ0) is 22.2. The van der Waals surface area contributed by atoms with Crippen LogP contribution in [0.2, 0.25) is 0 Å². The van der Waals surface area contributed by atoms with Gasteiger partial charge in [-0.25, -0.2) is 14.0 Å². The van der Waals surface area contributed by atoms with E-state index in [4.69, 9.17) is 14.2 Å². The van der Waals surface area contributed by atoms with E-state index in [9.17, 15) is 14.0 Å². The smallest absolute Gasteiger partial charge is 0.414 e. The van der Waals surface area contributed by atoms with Crippen LogP contribution in [0.4, 0.5) is 14.9 Å². The van der Waals surface area contributed by atoms with E-state index in [1.54, 1.807) is 35.2 Å². The number of alkyl halides is 1. The van der Waals surface area contributed by atoms with Crippen molar-refractivity contribution in [3.8, 4) is 0 Å². The standard InChI is InChI=1S/C23H28FNO5S/c1-3-4-5-6-20(24)16-7-9-17(10-8-16)25-18(14-30-23(25)27)13-29-15-19-11-12-21(31-19)22(26)28-2/h7-12,18,20H,3-6,13-15H2,1-2H3/t18?,20-/m0/s1. The molecule has 0 aliphatic carbocycles. The van der Waals surface area contributed by atoms with Crippen molar-refractivity contribution in [1.82, 2.24) is 0 Å². The van der Waals surface area contributed by atoms with Gasteiger partial charge >= 0.3 is 12.1 Å². The number of esters is 1. The lowest BCUT2D eigenvalue weighted by atomic mass is 10.0. The summed E-state index contributed by atoms with van der Waals surface area (Å²) < 4.78 is 30.0. The van der Waals surface area contributed by atoms with Gasteiger partial charge in [0.15, 0.2) is 0 Å². The van der Waals surface area contributed by atoms with E-state index in [1.165, 1.54) is 18.4 Å². The van der Waals surface area contributed by atoms with Crippen LogP contribution in [0.1, 0.15) is 58.9 Å². The van der Waals surface area contributed by atoms with Gasteiger partial charge in [0.1, 0.15) is 17.7 Å². The monoisotopic (exact) mass is 449 g/mol. The molecule has 8 heteroatoms. The molecule has 1 aliphatic heterocycles. The lowest BCUT2D eigenvalue weighted by Crippen LogP contribution is -2.36. The molecule has 0 radical (unpaired) electrons. The predicted molar refractivity (Wildman–Crippen MR) is 117 cm³/mol.